The van der Waals surface area contributed by atoms with E-state index in [1.165, 1.54) is 0 Å². The molecule has 31 heavy (non-hydrogen) atoms. The normalized spacial score (nSPS) is 10.7. The number of carbonyl (C=O) groups excluding carboxylic acids is 3. The summed E-state index contributed by atoms with van der Waals surface area (Å²) in [6.45, 7) is 6.26. The van der Waals surface area contributed by atoms with Crippen molar-refractivity contribution < 1.29 is 14.4 Å². The number of rotatable bonds is 5. The molecule has 0 saturated heterocycles. The van der Waals surface area contributed by atoms with E-state index in [-0.39, 0.29) is 29.3 Å². The highest BCUT2D eigenvalue weighted by atomic mass is 35.5. The van der Waals surface area contributed by atoms with Crippen LogP contribution in [0.1, 0.15) is 49.5 Å². The molecule has 0 heterocycles. The van der Waals surface area contributed by atoms with Crippen LogP contribution >= 0.6 is 23.8 Å². The summed E-state index contributed by atoms with van der Waals surface area (Å²) in [6, 6.07) is 14.0. The fourth-order valence-electron chi connectivity index (χ4n) is 2.52. The van der Waals surface area contributed by atoms with Crippen molar-refractivity contribution in [2.45, 2.75) is 39.0 Å². The molecular weight excluding hydrogens is 436 g/mol. The van der Waals surface area contributed by atoms with Crippen LogP contribution in [-0.4, -0.2) is 22.8 Å². The summed E-state index contributed by atoms with van der Waals surface area (Å²) in [5.41, 5.74) is 6.81. The van der Waals surface area contributed by atoms with E-state index >= 15 is 0 Å². The molecule has 2 aromatic carbocycles. The zero-order valence-corrected chi connectivity index (χ0v) is 19.1. The molecule has 164 valence electrons. The molecule has 2 aromatic rings. The van der Waals surface area contributed by atoms with Gasteiger partial charge in [-0.1, -0.05) is 56.6 Å². The number of para-hydroxylation sites is 1. The lowest BCUT2D eigenvalue weighted by atomic mass is 9.87. The lowest BCUT2D eigenvalue weighted by Gasteiger charge is -2.19. The molecular formula is C22H25ClN4O3S. The van der Waals surface area contributed by atoms with Gasteiger partial charge in [0.25, 0.3) is 5.91 Å². The molecule has 0 aliphatic carbocycles. The third-order valence-electron chi connectivity index (χ3n) is 4.28. The van der Waals surface area contributed by atoms with Gasteiger partial charge < -0.3 is 5.32 Å². The topological polar surface area (TPSA) is 99.3 Å². The second-order valence-electron chi connectivity index (χ2n) is 7.81. The first-order valence-corrected chi connectivity index (χ1v) is 10.4. The molecule has 0 saturated carbocycles. The van der Waals surface area contributed by atoms with Crippen LogP contribution in [-0.2, 0) is 15.0 Å². The number of nitrogens with one attached hydrogen (secondary N) is 4. The Kier molecular flexibility index (Phi) is 8.53. The molecule has 2 rings (SSSR count). The average Bonchev–Trinajstić information content (AvgIpc) is 2.72. The van der Waals surface area contributed by atoms with Crippen molar-refractivity contribution in [1.82, 2.24) is 16.2 Å². The zero-order chi connectivity index (χ0) is 23.0. The third-order valence-corrected chi connectivity index (χ3v) is 4.82. The molecule has 9 heteroatoms. The number of anilines is 1. The summed E-state index contributed by atoms with van der Waals surface area (Å²) in [7, 11) is 0. The maximum atomic E-state index is 12.3. The van der Waals surface area contributed by atoms with Gasteiger partial charge in [-0.15, -0.1) is 0 Å². The van der Waals surface area contributed by atoms with Crippen LogP contribution in [0.2, 0.25) is 5.02 Å². The van der Waals surface area contributed by atoms with Gasteiger partial charge in [-0.3, -0.25) is 30.6 Å². The van der Waals surface area contributed by atoms with Gasteiger partial charge in [0.05, 0.1) is 10.7 Å². The molecule has 0 aliphatic rings. The van der Waals surface area contributed by atoms with Crippen LogP contribution in [0.4, 0.5) is 5.69 Å². The molecule has 0 fully saturated rings. The predicted molar refractivity (Wildman–Crippen MR) is 126 cm³/mol. The van der Waals surface area contributed by atoms with Crippen LogP contribution < -0.4 is 21.5 Å². The van der Waals surface area contributed by atoms with E-state index in [9.17, 15) is 14.4 Å². The molecule has 0 atom stereocenters. The number of hydrazine groups is 1. The lowest BCUT2D eigenvalue weighted by Crippen LogP contribution is -2.48. The Hall–Kier alpha value is -2.97. The van der Waals surface area contributed by atoms with Crippen LogP contribution in [0.15, 0.2) is 48.5 Å². The van der Waals surface area contributed by atoms with E-state index in [1.54, 1.807) is 36.4 Å². The molecule has 0 aromatic heterocycles. The van der Waals surface area contributed by atoms with Gasteiger partial charge in [-0.2, -0.15) is 0 Å². The van der Waals surface area contributed by atoms with Gasteiger partial charge in [0, 0.05) is 18.4 Å². The summed E-state index contributed by atoms with van der Waals surface area (Å²) >= 11 is 11.0. The van der Waals surface area contributed by atoms with Gasteiger partial charge in [-0.25, -0.2) is 0 Å². The first-order chi connectivity index (χ1) is 14.6. The Morgan fingerprint density at radius 3 is 2.13 bits per heavy atom. The molecule has 0 aliphatic heterocycles. The molecule has 0 radical (unpaired) electrons. The van der Waals surface area contributed by atoms with Crippen molar-refractivity contribution in [2.75, 3.05) is 5.32 Å². The van der Waals surface area contributed by atoms with Crippen molar-refractivity contribution in [1.29, 1.82) is 0 Å². The van der Waals surface area contributed by atoms with Crippen LogP contribution in [0.25, 0.3) is 0 Å². The summed E-state index contributed by atoms with van der Waals surface area (Å²) in [4.78, 5) is 36.1. The predicted octanol–water partition coefficient (Wildman–Crippen LogP) is 3.69. The smallest absolute Gasteiger partial charge is 0.257 e. The summed E-state index contributed by atoms with van der Waals surface area (Å²) in [5.74, 6) is -1.20. The monoisotopic (exact) mass is 460 g/mol. The van der Waals surface area contributed by atoms with Gasteiger partial charge in [0.1, 0.15) is 0 Å². The molecule has 3 amide bonds. The first kappa shape index (κ1) is 24.3. The Bertz CT molecular complexity index is 971. The maximum Gasteiger partial charge on any atom is 0.257 e. The van der Waals surface area contributed by atoms with Crippen LogP contribution in [0.5, 0.6) is 0 Å². The Morgan fingerprint density at radius 2 is 1.52 bits per heavy atom. The van der Waals surface area contributed by atoms with Crippen molar-refractivity contribution in [2.24, 2.45) is 0 Å². The number of thiocarbonyl (C=S) groups is 1. The number of benzene rings is 2. The second-order valence-corrected chi connectivity index (χ2v) is 8.63. The van der Waals surface area contributed by atoms with Crippen molar-refractivity contribution in [3.63, 3.8) is 0 Å². The number of hydrogen-bond donors (Lipinski definition) is 4. The van der Waals surface area contributed by atoms with Gasteiger partial charge in [-0.05, 0) is 47.5 Å². The van der Waals surface area contributed by atoms with Crippen molar-refractivity contribution in [3.8, 4) is 0 Å². The molecule has 4 N–H and O–H groups in total. The van der Waals surface area contributed by atoms with E-state index in [2.05, 4.69) is 42.3 Å². The molecule has 0 unspecified atom stereocenters. The molecule has 0 spiro atoms. The Labute approximate surface area is 191 Å². The molecule has 0 bridgehead atoms. The molecule has 7 nitrogen and oxygen atoms in total. The van der Waals surface area contributed by atoms with Crippen LogP contribution in [0, 0.1) is 0 Å². The van der Waals surface area contributed by atoms with Gasteiger partial charge in [0.15, 0.2) is 5.11 Å². The van der Waals surface area contributed by atoms with Crippen molar-refractivity contribution >= 4 is 52.3 Å². The van der Waals surface area contributed by atoms with E-state index < -0.39 is 11.8 Å². The number of carbonyl (C=O) groups is 3. The minimum Gasteiger partial charge on any atom is -0.325 e. The summed E-state index contributed by atoms with van der Waals surface area (Å²) in [6.07, 6.45) is -0.119. The van der Waals surface area contributed by atoms with E-state index in [4.69, 9.17) is 23.8 Å². The minimum atomic E-state index is -0.458. The average molecular weight is 461 g/mol. The Balaban J connectivity index is 1.72. The van der Waals surface area contributed by atoms with Gasteiger partial charge >= 0.3 is 0 Å². The van der Waals surface area contributed by atoms with E-state index in [0.717, 1.165) is 5.56 Å². The maximum absolute atomic E-state index is 12.3. The van der Waals surface area contributed by atoms with E-state index in [1.807, 2.05) is 12.1 Å². The number of amides is 3. The highest BCUT2D eigenvalue weighted by Crippen LogP contribution is 2.22. The standard InChI is InChI=1S/C22H25ClN4O3S/c1-22(2,3)15-10-8-14(9-11-15)20(30)25-21(31)27-26-19(29)13-12-18(28)24-17-7-5-4-6-16(17)23/h4-11H,12-13H2,1-3H3,(H,24,28)(H,26,29)(H2,25,27,30,31). The quantitative estimate of drug-likeness (QED) is 0.403. The highest BCUT2D eigenvalue weighted by molar-refractivity contribution is 7.80. The number of hydrogen-bond acceptors (Lipinski definition) is 4. The summed E-state index contributed by atoms with van der Waals surface area (Å²) in [5, 5.41) is 5.48. The fraction of sp³-hybridized carbons (Fsp3) is 0.273. The lowest BCUT2D eigenvalue weighted by molar-refractivity contribution is -0.124. The minimum absolute atomic E-state index is 0.0135. The van der Waals surface area contributed by atoms with Gasteiger partial charge in [0.2, 0.25) is 11.8 Å². The second kappa shape index (κ2) is 10.9. The largest absolute Gasteiger partial charge is 0.325 e. The first-order valence-electron chi connectivity index (χ1n) is 9.61. The Morgan fingerprint density at radius 1 is 0.903 bits per heavy atom. The highest BCUT2D eigenvalue weighted by Gasteiger charge is 2.15. The van der Waals surface area contributed by atoms with E-state index in [0.29, 0.717) is 16.3 Å². The zero-order valence-electron chi connectivity index (χ0n) is 17.5. The third kappa shape index (κ3) is 7.99. The van der Waals surface area contributed by atoms with Crippen LogP contribution in [0.3, 0.4) is 0 Å². The summed E-state index contributed by atoms with van der Waals surface area (Å²) < 4.78 is 0. The SMILES string of the molecule is CC(C)(C)c1ccc(C(=O)NC(=S)NNC(=O)CCC(=O)Nc2ccccc2Cl)cc1. The van der Waals surface area contributed by atoms with Crippen molar-refractivity contribution in [3.05, 3.63) is 64.7 Å². The fourth-order valence-corrected chi connectivity index (χ4v) is 2.85. The number of halogens is 1.